The van der Waals surface area contributed by atoms with Crippen LogP contribution in [-0.2, 0) is 20.4 Å². The van der Waals surface area contributed by atoms with Crippen molar-refractivity contribution in [3.8, 4) is 17.2 Å². The molecule has 0 bridgehead atoms. The lowest BCUT2D eigenvalue weighted by molar-refractivity contribution is -0.147. The number of halogens is 6. The van der Waals surface area contributed by atoms with Crippen LogP contribution in [0.3, 0.4) is 0 Å². The van der Waals surface area contributed by atoms with Crippen molar-refractivity contribution in [2.24, 2.45) is 0 Å². The van der Waals surface area contributed by atoms with E-state index in [1.165, 1.54) is 43.5 Å². The van der Waals surface area contributed by atoms with Crippen molar-refractivity contribution in [2.75, 3.05) is 13.7 Å². The van der Waals surface area contributed by atoms with Crippen LogP contribution in [0, 0.1) is 0 Å². The molecule has 1 aliphatic heterocycles. The van der Waals surface area contributed by atoms with E-state index >= 15 is 0 Å². The molecule has 0 aliphatic carbocycles. The summed E-state index contributed by atoms with van der Waals surface area (Å²) in [6, 6.07) is 8.17. The molecule has 0 N–H and O–H groups in total. The molecule has 3 aromatic rings. The zero-order valence-electron chi connectivity index (χ0n) is 19.3. The third-order valence-corrected chi connectivity index (χ3v) is 5.65. The summed E-state index contributed by atoms with van der Waals surface area (Å²) in [6.07, 6.45) is -8.25. The number of aromatic nitrogens is 3. The largest absolute Gasteiger partial charge is 0.493 e. The predicted molar refractivity (Wildman–Crippen MR) is 118 cm³/mol. The van der Waals surface area contributed by atoms with Crippen molar-refractivity contribution in [1.29, 1.82) is 0 Å². The summed E-state index contributed by atoms with van der Waals surface area (Å²) in [5.41, 5.74) is -0.0408. The van der Waals surface area contributed by atoms with Gasteiger partial charge in [-0.2, -0.15) is 22.0 Å². The number of esters is 1. The summed E-state index contributed by atoms with van der Waals surface area (Å²) in [4.78, 5) is 12.4. The fourth-order valence-corrected chi connectivity index (χ4v) is 4.21. The van der Waals surface area contributed by atoms with Gasteiger partial charge in [0.2, 0.25) is 5.82 Å². The zero-order chi connectivity index (χ0) is 26.9. The molecule has 0 fully saturated rings. The topological polar surface area (TPSA) is 84.7 Å². The van der Waals surface area contributed by atoms with Gasteiger partial charge in [-0.1, -0.05) is 23.7 Å². The Hall–Kier alpha value is -3.45. The monoisotopic (exact) mass is 547 g/mol. The molecule has 1 aliphatic rings. The highest BCUT2D eigenvalue weighted by atomic mass is 35.5. The lowest BCUT2D eigenvalue weighted by Crippen LogP contribution is -2.18. The van der Waals surface area contributed by atoms with Crippen LogP contribution in [0.4, 0.5) is 22.0 Å². The number of nitrogens with zero attached hydrogens (tertiary/aromatic N) is 3. The molecule has 2 aromatic carbocycles. The summed E-state index contributed by atoms with van der Waals surface area (Å²) in [5, 5.41) is 7.10. The van der Waals surface area contributed by atoms with E-state index in [-0.39, 0.29) is 40.0 Å². The van der Waals surface area contributed by atoms with Gasteiger partial charge in [-0.15, -0.1) is 10.2 Å². The number of fused-ring (bicyclic) bond motifs is 3. The summed E-state index contributed by atoms with van der Waals surface area (Å²) in [7, 11) is 1.23. The van der Waals surface area contributed by atoms with Gasteiger partial charge in [0.15, 0.2) is 17.3 Å². The molecular formula is C23H19ClF5N3O5. The fourth-order valence-electron chi connectivity index (χ4n) is 4.03. The SMILES string of the molecule is CCOC(=O)C[C@@H]1O[C@@H](c2cccc(OC)c2OC(F)F)c2cc(Cl)ccc2-n2c1nnc2C(F)(F)F. The number of ether oxygens (including phenoxy) is 4. The third-order valence-electron chi connectivity index (χ3n) is 5.42. The lowest BCUT2D eigenvalue weighted by atomic mass is 9.98. The van der Waals surface area contributed by atoms with Crippen LogP contribution in [-0.4, -0.2) is 41.1 Å². The summed E-state index contributed by atoms with van der Waals surface area (Å²) >= 11 is 6.19. The number of methoxy groups -OCH3 is 1. The van der Waals surface area contributed by atoms with Gasteiger partial charge in [0.1, 0.15) is 12.2 Å². The number of carbonyl (C=O) groups excluding carboxylic acids is 1. The summed E-state index contributed by atoms with van der Waals surface area (Å²) in [6.45, 7) is -1.69. The first-order valence-electron chi connectivity index (χ1n) is 10.8. The molecule has 0 unspecified atom stereocenters. The molecule has 0 saturated carbocycles. The minimum absolute atomic E-state index is 0.00751. The van der Waals surface area contributed by atoms with Crippen molar-refractivity contribution in [3.05, 3.63) is 64.2 Å². The Kier molecular flexibility index (Phi) is 7.55. The number of rotatable bonds is 7. The second-order valence-electron chi connectivity index (χ2n) is 7.69. The standard InChI is InChI=1S/C23H19ClF5N3O5/c1-3-35-17(33)10-16-20-30-31-21(23(27,28)29)32(20)14-8-7-11(24)9-13(14)18(36-16)12-5-4-6-15(34-2)19(12)37-22(25)26/h4-9,16,18,22H,3,10H2,1-2H3/t16-,18-/m0/s1. The van der Waals surface area contributed by atoms with Crippen LogP contribution in [0.1, 0.15) is 48.3 Å². The maximum absolute atomic E-state index is 14.0. The van der Waals surface area contributed by atoms with Crippen molar-refractivity contribution < 1.29 is 45.7 Å². The van der Waals surface area contributed by atoms with Gasteiger partial charge in [0.05, 0.1) is 25.8 Å². The molecule has 4 rings (SSSR count). The van der Waals surface area contributed by atoms with Crippen LogP contribution >= 0.6 is 11.6 Å². The Balaban J connectivity index is 2.00. The lowest BCUT2D eigenvalue weighted by Gasteiger charge is -2.25. The van der Waals surface area contributed by atoms with Crippen LogP contribution in [0.5, 0.6) is 11.5 Å². The second-order valence-corrected chi connectivity index (χ2v) is 8.13. The highest BCUT2D eigenvalue weighted by Gasteiger charge is 2.44. The third kappa shape index (κ3) is 5.32. The van der Waals surface area contributed by atoms with Gasteiger partial charge >= 0.3 is 18.8 Å². The Morgan fingerprint density at radius 3 is 2.59 bits per heavy atom. The van der Waals surface area contributed by atoms with E-state index < -0.39 is 49.0 Å². The first kappa shape index (κ1) is 26.6. The number of alkyl halides is 5. The van der Waals surface area contributed by atoms with Crippen molar-refractivity contribution in [2.45, 2.75) is 38.3 Å². The van der Waals surface area contributed by atoms with Gasteiger partial charge in [0, 0.05) is 16.1 Å². The Morgan fingerprint density at radius 2 is 1.95 bits per heavy atom. The molecule has 198 valence electrons. The van der Waals surface area contributed by atoms with E-state index in [4.69, 9.17) is 30.5 Å². The number of carbonyl (C=O) groups is 1. The molecule has 0 radical (unpaired) electrons. The highest BCUT2D eigenvalue weighted by Crippen LogP contribution is 2.47. The van der Waals surface area contributed by atoms with Crippen LogP contribution < -0.4 is 9.47 Å². The van der Waals surface area contributed by atoms with E-state index in [0.29, 0.717) is 4.57 Å². The first-order chi connectivity index (χ1) is 17.5. The molecule has 37 heavy (non-hydrogen) atoms. The average Bonchev–Trinajstić information content (AvgIpc) is 3.23. The van der Waals surface area contributed by atoms with E-state index in [1.807, 2.05) is 0 Å². The molecule has 0 amide bonds. The first-order valence-corrected chi connectivity index (χ1v) is 11.2. The zero-order valence-corrected chi connectivity index (χ0v) is 20.0. The average molecular weight is 548 g/mol. The molecule has 14 heteroatoms. The molecule has 0 saturated heterocycles. The number of hydrogen-bond donors (Lipinski definition) is 0. The Bertz CT molecular complexity index is 1300. The van der Waals surface area contributed by atoms with Crippen LogP contribution in [0.25, 0.3) is 5.69 Å². The fraction of sp³-hybridized carbons (Fsp3) is 0.348. The number of hydrogen-bond acceptors (Lipinski definition) is 7. The quantitative estimate of drug-likeness (QED) is 0.279. The van der Waals surface area contributed by atoms with E-state index in [9.17, 15) is 26.7 Å². The summed E-state index contributed by atoms with van der Waals surface area (Å²) in [5.74, 6) is -2.98. The predicted octanol–water partition coefficient (Wildman–Crippen LogP) is 5.66. The number of para-hydroxylation sites is 1. The summed E-state index contributed by atoms with van der Waals surface area (Å²) < 4.78 is 90.3. The normalized spacial score (nSPS) is 17.1. The second kappa shape index (κ2) is 10.5. The van der Waals surface area contributed by atoms with Crippen molar-refractivity contribution >= 4 is 17.6 Å². The van der Waals surface area contributed by atoms with Gasteiger partial charge in [0.25, 0.3) is 0 Å². The van der Waals surface area contributed by atoms with E-state index in [1.54, 1.807) is 6.92 Å². The molecular weight excluding hydrogens is 529 g/mol. The molecule has 2 atom stereocenters. The smallest absolute Gasteiger partial charge is 0.452 e. The molecule has 2 heterocycles. The maximum atomic E-state index is 14.0. The minimum Gasteiger partial charge on any atom is -0.493 e. The molecule has 0 spiro atoms. The van der Waals surface area contributed by atoms with Gasteiger partial charge in [-0.25, -0.2) is 0 Å². The van der Waals surface area contributed by atoms with E-state index in [0.717, 1.165) is 0 Å². The van der Waals surface area contributed by atoms with Gasteiger partial charge in [-0.05, 0) is 31.2 Å². The minimum atomic E-state index is -4.93. The molecule has 1 aromatic heterocycles. The van der Waals surface area contributed by atoms with Crippen molar-refractivity contribution in [1.82, 2.24) is 14.8 Å². The van der Waals surface area contributed by atoms with E-state index in [2.05, 4.69) is 10.2 Å². The Labute approximate surface area is 211 Å². The van der Waals surface area contributed by atoms with Gasteiger partial charge in [-0.3, -0.25) is 9.36 Å². The number of benzene rings is 2. The van der Waals surface area contributed by atoms with Gasteiger partial charge < -0.3 is 18.9 Å². The van der Waals surface area contributed by atoms with Crippen LogP contribution in [0.2, 0.25) is 5.02 Å². The highest BCUT2D eigenvalue weighted by molar-refractivity contribution is 6.30. The van der Waals surface area contributed by atoms with Crippen LogP contribution in [0.15, 0.2) is 36.4 Å². The van der Waals surface area contributed by atoms with Crippen molar-refractivity contribution in [3.63, 3.8) is 0 Å². The maximum Gasteiger partial charge on any atom is 0.452 e. The molecule has 8 nitrogen and oxygen atoms in total. The Morgan fingerprint density at radius 1 is 1.19 bits per heavy atom.